The van der Waals surface area contributed by atoms with Gasteiger partial charge in [-0.3, -0.25) is 0 Å². The molecule has 20 heavy (non-hydrogen) atoms. The Kier molecular flexibility index (Phi) is 4.59. The lowest BCUT2D eigenvalue weighted by Gasteiger charge is -2.33. The second-order valence-electron chi connectivity index (χ2n) is 5.19. The molecule has 106 valence electrons. The number of rotatable bonds is 2. The average molecular weight is 273 g/mol. The lowest BCUT2D eigenvalue weighted by molar-refractivity contribution is 0.0820. The molecule has 1 saturated heterocycles. The Hall–Kier alpha value is -2.06. The molecule has 2 amide bonds. The maximum Gasteiger partial charge on any atom is 0.321 e. The Morgan fingerprint density at radius 3 is 2.80 bits per heavy atom. The Bertz CT molecular complexity index is 514. The number of hydrogen-bond acceptors (Lipinski definition) is 3. The van der Waals surface area contributed by atoms with Crippen LogP contribution in [-0.2, 0) is 0 Å². The Morgan fingerprint density at radius 1 is 1.50 bits per heavy atom. The zero-order valence-corrected chi connectivity index (χ0v) is 11.5. The van der Waals surface area contributed by atoms with Crippen LogP contribution in [0.1, 0.15) is 25.3 Å². The Labute approximate surface area is 118 Å². The molecular formula is C15H19N3O2. The zero-order chi connectivity index (χ0) is 14.5. The van der Waals surface area contributed by atoms with Crippen LogP contribution < -0.4 is 5.32 Å². The Balaban J connectivity index is 1.91. The van der Waals surface area contributed by atoms with Gasteiger partial charge in [0.05, 0.1) is 17.7 Å². The lowest BCUT2D eigenvalue weighted by atomic mass is 9.92. The molecule has 1 aliphatic rings. The van der Waals surface area contributed by atoms with Gasteiger partial charge in [-0.15, -0.1) is 0 Å². The largest absolute Gasteiger partial charge is 0.393 e. The number of anilines is 1. The number of nitrogens with zero attached hydrogens (tertiary/aromatic N) is 2. The van der Waals surface area contributed by atoms with Crippen LogP contribution >= 0.6 is 0 Å². The number of benzene rings is 1. The first-order valence-electron chi connectivity index (χ1n) is 6.84. The zero-order valence-electron chi connectivity index (χ0n) is 11.5. The van der Waals surface area contributed by atoms with E-state index in [1.54, 1.807) is 36.1 Å². The molecule has 1 aromatic carbocycles. The lowest BCUT2D eigenvalue weighted by Crippen LogP contribution is -2.42. The van der Waals surface area contributed by atoms with Gasteiger partial charge in [0.1, 0.15) is 0 Å². The molecule has 0 radical (unpaired) electrons. The molecule has 0 saturated carbocycles. The van der Waals surface area contributed by atoms with E-state index >= 15 is 0 Å². The van der Waals surface area contributed by atoms with Gasteiger partial charge in [-0.25, -0.2) is 4.79 Å². The fourth-order valence-electron chi connectivity index (χ4n) is 2.45. The summed E-state index contributed by atoms with van der Waals surface area (Å²) in [6, 6.07) is 8.76. The summed E-state index contributed by atoms with van der Waals surface area (Å²) in [5.74, 6) is 0.279. The molecule has 1 fully saturated rings. The number of carbonyl (C=O) groups excluding carboxylic acids is 1. The maximum atomic E-state index is 12.1. The minimum Gasteiger partial charge on any atom is -0.393 e. The summed E-state index contributed by atoms with van der Waals surface area (Å²) in [5.41, 5.74) is 1.15. The molecular weight excluding hydrogens is 254 g/mol. The van der Waals surface area contributed by atoms with E-state index in [-0.39, 0.29) is 18.1 Å². The number of nitriles is 1. The number of hydrogen-bond donors (Lipinski definition) is 2. The molecule has 1 aromatic rings. The highest BCUT2D eigenvalue weighted by Crippen LogP contribution is 2.21. The van der Waals surface area contributed by atoms with Gasteiger partial charge in [-0.1, -0.05) is 6.07 Å². The van der Waals surface area contributed by atoms with E-state index in [0.29, 0.717) is 24.3 Å². The summed E-state index contributed by atoms with van der Waals surface area (Å²) in [6.45, 7) is 3.10. The van der Waals surface area contributed by atoms with E-state index in [1.807, 2.05) is 6.07 Å². The van der Waals surface area contributed by atoms with Gasteiger partial charge < -0.3 is 15.3 Å². The molecule has 0 aliphatic carbocycles. The first-order valence-corrected chi connectivity index (χ1v) is 6.84. The van der Waals surface area contributed by atoms with E-state index in [1.165, 1.54) is 0 Å². The third-order valence-corrected chi connectivity index (χ3v) is 3.75. The first kappa shape index (κ1) is 14.4. The van der Waals surface area contributed by atoms with Gasteiger partial charge in [0, 0.05) is 18.8 Å². The third-order valence-electron chi connectivity index (χ3n) is 3.75. The third kappa shape index (κ3) is 3.49. The van der Waals surface area contributed by atoms with Crippen LogP contribution in [0.15, 0.2) is 24.3 Å². The van der Waals surface area contributed by atoms with E-state index in [9.17, 15) is 9.90 Å². The van der Waals surface area contributed by atoms with Crippen molar-refractivity contribution in [3.05, 3.63) is 29.8 Å². The highest BCUT2D eigenvalue weighted by atomic mass is 16.3. The second-order valence-corrected chi connectivity index (χ2v) is 5.19. The van der Waals surface area contributed by atoms with Crippen LogP contribution in [0.2, 0.25) is 0 Å². The molecule has 1 unspecified atom stereocenters. The molecule has 0 spiro atoms. The van der Waals surface area contributed by atoms with Gasteiger partial charge in [-0.05, 0) is 43.9 Å². The molecule has 1 heterocycles. The monoisotopic (exact) mass is 273 g/mol. The fourth-order valence-corrected chi connectivity index (χ4v) is 2.45. The van der Waals surface area contributed by atoms with Crippen molar-refractivity contribution < 1.29 is 9.90 Å². The highest BCUT2D eigenvalue weighted by molar-refractivity contribution is 5.89. The summed E-state index contributed by atoms with van der Waals surface area (Å²) in [5, 5.41) is 21.2. The van der Waals surface area contributed by atoms with Gasteiger partial charge in [0.2, 0.25) is 0 Å². The van der Waals surface area contributed by atoms with Crippen molar-refractivity contribution in [1.29, 1.82) is 5.26 Å². The van der Waals surface area contributed by atoms with Crippen LogP contribution in [0.5, 0.6) is 0 Å². The van der Waals surface area contributed by atoms with Crippen molar-refractivity contribution in [2.75, 3.05) is 18.4 Å². The summed E-state index contributed by atoms with van der Waals surface area (Å²) < 4.78 is 0. The molecule has 2 rings (SSSR count). The van der Waals surface area contributed by atoms with E-state index in [2.05, 4.69) is 5.32 Å². The van der Waals surface area contributed by atoms with Crippen molar-refractivity contribution in [2.45, 2.75) is 25.9 Å². The molecule has 5 heteroatoms. The number of carbonyl (C=O) groups is 1. The predicted molar refractivity (Wildman–Crippen MR) is 76.2 cm³/mol. The van der Waals surface area contributed by atoms with Crippen molar-refractivity contribution in [2.24, 2.45) is 5.92 Å². The topological polar surface area (TPSA) is 76.4 Å². The minimum atomic E-state index is -0.312. The van der Waals surface area contributed by atoms with Crippen molar-refractivity contribution in [1.82, 2.24) is 4.90 Å². The average Bonchev–Trinajstić information content (AvgIpc) is 2.47. The highest BCUT2D eigenvalue weighted by Gasteiger charge is 2.25. The number of amides is 2. The standard InChI is InChI=1S/C15H19N3O2/c1-11(19)13-5-7-18(8-6-13)15(20)17-14-4-2-3-12(9-14)10-16/h2-4,9,11,13,19H,5-8H2,1H3,(H,17,20). The number of urea groups is 1. The van der Waals surface area contributed by atoms with Crippen LogP contribution in [0, 0.1) is 17.2 Å². The maximum absolute atomic E-state index is 12.1. The van der Waals surface area contributed by atoms with E-state index < -0.39 is 0 Å². The number of aliphatic hydroxyl groups excluding tert-OH is 1. The van der Waals surface area contributed by atoms with E-state index in [4.69, 9.17) is 5.26 Å². The van der Waals surface area contributed by atoms with Crippen LogP contribution in [-0.4, -0.2) is 35.2 Å². The number of aliphatic hydroxyl groups is 1. The fraction of sp³-hybridized carbons (Fsp3) is 0.467. The van der Waals surface area contributed by atoms with Gasteiger partial charge in [0.25, 0.3) is 0 Å². The minimum absolute atomic E-state index is 0.149. The molecule has 1 aliphatic heterocycles. The molecule has 0 aromatic heterocycles. The predicted octanol–water partition coefficient (Wildman–Crippen LogP) is 2.18. The molecule has 5 nitrogen and oxygen atoms in total. The van der Waals surface area contributed by atoms with Crippen LogP contribution in [0.25, 0.3) is 0 Å². The van der Waals surface area contributed by atoms with E-state index in [0.717, 1.165) is 12.8 Å². The molecule has 0 bridgehead atoms. The molecule has 1 atom stereocenters. The molecule has 2 N–H and O–H groups in total. The van der Waals surface area contributed by atoms with Gasteiger partial charge >= 0.3 is 6.03 Å². The van der Waals surface area contributed by atoms with Crippen molar-refractivity contribution in [3.63, 3.8) is 0 Å². The van der Waals surface area contributed by atoms with Gasteiger partial charge in [-0.2, -0.15) is 5.26 Å². The smallest absolute Gasteiger partial charge is 0.321 e. The summed E-state index contributed by atoms with van der Waals surface area (Å²) >= 11 is 0. The summed E-state index contributed by atoms with van der Waals surface area (Å²) in [6.07, 6.45) is 1.33. The number of piperidine rings is 1. The summed E-state index contributed by atoms with van der Waals surface area (Å²) in [4.78, 5) is 13.9. The quantitative estimate of drug-likeness (QED) is 0.867. The SMILES string of the molecule is CC(O)C1CCN(C(=O)Nc2cccc(C#N)c2)CC1. The Morgan fingerprint density at radius 2 is 2.20 bits per heavy atom. The number of nitrogens with one attached hydrogen (secondary N) is 1. The van der Waals surface area contributed by atoms with Crippen molar-refractivity contribution >= 4 is 11.7 Å². The normalized spacial score (nSPS) is 17.4. The van der Waals surface area contributed by atoms with Gasteiger partial charge in [0.15, 0.2) is 0 Å². The van der Waals surface area contributed by atoms with Crippen molar-refractivity contribution in [3.8, 4) is 6.07 Å². The van der Waals surface area contributed by atoms with Crippen LogP contribution in [0.3, 0.4) is 0 Å². The second kappa shape index (κ2) is 6.40. The summed E-state index contributed by atoms with van der Waals surface area (Å²) in [7, 11) is 0. The first-order chi connectivity index (χ1) is 9.60. The van der Waals surface area contributed by atoms with Crippen LogP contribution in [0.4, 0.5) is 10.5 Å². The number of likely N-dealkylation sites (tertiary alicyclic amines) is 1.